The van der Waals surface area contributed by atoms with Crippen molar-refractivity contribution in [2.24, 2.45) is 5.92 Å². The normalized spacial score (nSPS) is 12.0. The summed E-state index contributed by atoms with van der Waals surface area (Å²) in [7, 11) is 0. The fourth-order valence-electron chi connectivity index (χ4n) is 4.75. The number of hydrogen-bond donors (Lipinski definition) is 1. The Bertz CT molecular complexity index is 1090. The zero-order valence-corrected chi connectivity index (χ0v) is 23.0. The topological polar surface area (TPSA) is 63.1 Å². The highest BCUT2D eigenvalue weighted by atomic mass is 16.4. The zero-order chi connectivity index (χ0) is 26.5. The second-order valence-electron chi connectivity index (χ2n) is 10.5. The number of carboxylic acid groups (broad SMARTS) is 1. The van der Waals surface area contributed by atoms with Crippen molar-refractivity contribution >= 4 is 5.97 Å². The van der Waals surface area contributed by atoms with Crippen LogP contribution in [0.15, 0.2) is 54.9 Å². The van der Waals surface area contributed by atoms with Gasteiger partial charge in [0.05, 0.1) is 5.56 Å². The van der Waals surface area contributed by atoms with Crippen LogP contribution in [0.1, 0.15) is 106 Å². The molecule has 0 saturated heterocycles. The van der Waals surface area contributed by atoms with Crippen LogP contribution in [0.5, 0.6) is 0 Å². The van der Waals surface area contributed by atoms with Crippen molar-refractivity contribution in [3.05, 3.63) is 71.5 Å². The second-order valence-corrected chi connectivity index (χ2v) is 10.5. The fourth-order valence-corrected chi connectivity index (χ4v) is 4.75. The van der Waals surface area contributed by atoms with E-state index in [-0.39, 0.29) is 0 Å². The molecule has 1 aromatic heterocycles. The molecule has 0 amide bonds. The third kappa shape index (κ3) is 9.10. The van der Waals surface area contributed by atoms with E-state index in [0.717, 1.165) is 36.0 Å². The van der Waals surface area contributed by atoms with Gasteiger partial charge in [0.1, 0.15) is 0 Å². The van der Waals surface area contributed by atoms with Crippen LogP contribution in [-0.4, -0.2) is 21.0 Å². The fraction of sp³-hybridized carbons (Fsp3) is 0.485. The smallest absolute Gasteiger partial charge is 0.336 e. The molecular weight excluding hydrogens is 456 g/mol. The van der Waals surface area contributed by atoms with Gasteiger partial charge >= 0.3 is 5.97 Å². The van der Waals surface area contributed by atoms with Gasteiger partial charge in [-0.15, -0.1) is 0 Å². The Labute approximate surface area is 223 Å². The Balaban J connectivity index is 1.62. The minimum Gasteiger partial charge on any atom is -0.478 e. The Kier molecular flexibility index (Phi) is 11.8. The zero-order valence-electron chi connectivity index (χ0n) is 23.0. The molecule has 0 bridgehead atoms. The van der Waals surface area contributed by atoms with Crippen molar-refractivity contribution in [1.29, 1.82) is 0 Å². The number of aromatic carboxylic acids is 1. The van der Waals surface area contributed by atoms with Crippen LogP contribution in [0.2, 0.25) is 0 Å². The molecule has 4 heteroatoms. The third-order valence-corrected chi connectivity index (χ3v) is 7.33. The first-order valence-corrected chi connectivity index (χ1v) is 14.3. The van der Waals surface area contributed by atoms with Gasteiger partial charge in [-0.25, -0.2) is 14.8 Å². The second kappa shape index (κ2) is 15.3. The summed E-state index contributed by atoms with van der Waals surface area (Å²) in [5.74, 6) is 0.328. The molecule has 0 aliphatic carbocycles. The number of benzene rings is 2. The molecule has 0 unspecified atom stereocenters. The van der Waals surface area contributed by atoms with Crippen LogP contribution in [0, 0.1) is 5.92 Å². The molecule has 3 aromatic rings. The predicted octanol–water partition coefficient (Wildman–Crippen LogP) is 9.17. The van der Waals surface area contributed by atoms with Crippen LogP contribution >= 0.6 is 0 Å². The van der Waals surface area contributed by atoms with Gasteiger partial charge in [0, 0.05) is 18.0 Å². The van der Waals surface area contributed by atoms with Crippen molar-refractivity contribution in [2.75, 3.05) is 0 Å². The lowest BCUT2D eigenvalue weighted by Gasteiger charge is -2.12. The van der Waals surface area contributed by atoms with Gasteiger partial charge < -0.3 is 5.11 Å². The van der Waals surface area contributed by atoms with E-state index < -0.39 is 5.97 Å². The summed E-state index contributed by atoms with van der Waals surface area (Å²) >= 11 is 0. The van der Waals surface area contributed by atoms with Crippen molar-refractivity contribution in [3.63, 3.8) is 0 Å². The maximum atomic E-state index is 11.9. The van der Waals surface area contributed by atoms with Crippen LogP contribution in [-0.2, 0) is 12.8 Å². The molecule has 1 N–H and O–H groups in total. The summed E-state index contributed by atoms with van der Waals surface area (Å²) in [6, 6.07) is 13.6. The van der Waals surface area contributed by atoms with Crippen LogP contribution in [0.25, 0.3) is 22.5 Å². The number of hydrogen-bond acceptors (Lipinski definition) is 3. The average molecular weight is 501 g/mol. The lowest BCUT2D eigenvalue weighted by Crippen LogP contribution is -2.01. The Morgan fingerprint density at radius 2 is 1.38 bits per heavy atom. The highest BCUT2D eigenvalue weighted by Gasteiger charge is 2.15. The molecule has 3 rings (SSSR count). The summed E-state index contributed by atoms with van der Waals surface area (Å²) in [4.78, 5) is 21.2. The minimum absolute atomic E-state index is 0.292. The molecule has 0 aliphatic heterocycles. The first-order valence-electron chi connectivity index (χ1n) is 14.3. The molecule has 1 atom stereocenters. The van der Waals surface area contributed by atoms with E-state index in [0.29, 0.717) is 22.9 Å². The standard InChI is InChI=1S/C33H44N2O2/c1-4-6-7-8-9-10-11-12-13-14-27-23-34-32(35-24-27)29-19-20-30(33(36)37)31(22-29)28-17-15-26(16-18-28)21-25(3)5-2/h15-20,22-25H,4-14,21H2,1-3H3,(H,36,37)/t25-/m0/s1. The van der Waals surface area contributed by atoms with Gasteiger partial charge in [0.15, 0.2) is 5.82 Å². The van der Waals surface area contributed by atoms with Gasteiger partial charge in [-0.1, -0.05) is 109 Å². The summed E-state index contributed by atoms with van der Waals surface area (Å²) in [5.41, 5.74) is 5.15. The number of carbonyl (C=O) groups is 1. The van der Waals surface area contributed by atoms with E-state index in [4.69, 9.17) is 0 Å². The molecule has 0 fully saturated rings. The SMILES string of the molecule is CCCCCCCCCCCc1cnc(-c2ccc(C(=O)O)c(-c3ccc(C[C@@H](C)CC)cc3)c2)nc1. The highest BCUT2D eigenvalue weighted by Crippen LogP contribution is 2.29. The molecule has 37 heavy (non-hydrogen) atoms. The average Bonchev–Trinajstić information content (AvgIpc) is 2.92. The number of aryl methyl sites for hydroxylation is 1. The van der Waals surface area contributed by atoms with Crippen LogP contribution in [0.4, 0.5) is 0 Å². The predicted molar refractivity (Wildman–Crippen MR) is 154 cm³/mol. The number of aromatic nitrogens is 2. The lowest BCUT2D eigenvalue weighted by molar-refractivity contribution is 0.0697. The van der Waals surface area contributed by atoms with Crippen molar-refractivity contribution in [1.82, 2.24) is 9.97 Å². The molecule has 0 spiro atoms. The maximum Gasteiger partial charge on any atom is 0.336 e. The largest absolute Gasteiger partial charge is 0.478 e. The lowest BCUT2D eigenvalue weighted by atomic mass is 9.94. The van der Waals surface area contributed by atoms with Crippen LogP contribution in [0.3, 0.4) is 0 Å². The summed E-state index contributed by atoms with van der Waals surface area (Å²) in [6.07, 6.45) is 18.9. The monoisotopic (exact) mass is 500 g/mol. The molecule has 0 aliphatic rings. The van der Waals surface area contributed by atoms with Gasteiger partial charge in [0.25, 0.3) is 0 Å². The number of carboxylic acids is 1. The Morgan fingerprint density at radius 3 is 1.97 bits per heavy atom. The molecule has 4 nitrogen and oxygen atoms in total. The summed E-state index contributed by atoms with van der Waals surface area (Å²) < 4.78 is 0. The third-order valence-electron chi connectivity index (χ3n) is 7.33. The Hall–Kier alpha value is -3.01. The van der Waals surface area contributed by atoms with Gasteiger partial charge in [-0.3, -0.25) is 0 Å². The molecule has 0 saturated carbocycles. The molecule has 2 aromatic carbocycles. The van der Waals surface area contributed by atoms with Crippen molar-refractivity contribution in [3.8, 4) is 22.5 Å². The van der Waals surface area contributed by atoms with E-state index in [1.165, 1.54) is 63.4 Å². The summed E-state index contributed by atoms with van der Waals surface area (Å²) in [6.45, 7) is 6.72. The first-order chi connectivity index (χ1) is 18.0. The molecular formula is C33H44N2O2. The van der Waals surface area contributed by atoms with Gasteiger partial charge in [-0.2, -0.15) is 0 Å². The minimum atomic E-state index is -0.928. The molecule has 0 radical (unpaired) electrons. The highest BCUT2D eigenvalue weighted by molar-refractivity contribution is 5.97. The summed E-state index contributed by atoms with van der Waals surface area (Å²) in [5, 5.41) is 9.78. The molecule has 198 valence electrons. The van der Waals surface area contributed by atoms with Crippen molar-refractivity contribution in [2.45, 2.75) is 97.8 Å². The van der Waals surface area contributed by atoms with E-state index in [1.807, 2.05) is 30.6 Å². The van der Waals surface area contributed by atoms with Crippen LogP contribution < -0.4 is 0 Å². The molecule has 1 heterocycles. The van der Waals surface area contributed by atoms with Crippen molar-refractivity contribution < 1.29 is 9.90 Å². The number of nitrogens with zero attached hydrogens (tertiary/aromatic N) is 2. The van der Waals surface area contributed by atoms with E-state index in [1.54, 1.807) is 12.1 Å². The van der Waals surface area contributed by atoms with E-state index >= 15 is 0 Å². The Morgan fingerprint density at radius 1 is 0.784 bits per heavy atom. The van der Waals surface area contributed by atoms with E-state index in [9.17, 15) is 9.90 Å². The quantitative estimate of drug-likeness (QED) is 0.199. The first kappa shape index (κ1) is 28.6. The van der Waals surface area contributed by atoms with Gasteiger partial charge in [-0.05, 0) is 59.6 Å². The van der Waals surface area contributed by atoms with Gasteiger partial charge in [0.2, 0.25) is 0 Å². The maximum absolute atomic E-state index is 11.9. The number of unbranched alkanes of at least 4 members (excludes halogenated alkanes) is 8. The van der Waals surface area contributed by atoms with E-state index in [2.05, 4.69) is 42.9 Å². The number of rotatable bonds is 16.